The molecule has 1 saturated carbocycles. The van der Waals surface area contributed by atoms with Crippen molar-refractivity contribution >= 4 is 17.0 Å². The number of hydrogen-bond acceptors (Lipinski definition) is 7. The number of benzene rings is 1. The molecule has 8 nitrogen and oxygen atoms in total. The summed E-state index contributed by atoms with van der Waals surface area (Å²) in [6.07, 6.45) is -2.50. The topological polar surface area (TPSA) is 105 Å². The second-order valence-electron chi connectivity index (χ2n) is 8.41. The first-order valence-corrected chi connectivity index (χ1v) is 11.0. The zero-order chi connectivity index (χ0) is 23.9. The minimum atomic E-state index is -4.57. The van der Waals surface area contributed by atoms with Crippen LogP contribution in [-0.4, -0.2) is 54.1 Å². The average molecular weight is 473 g/mol. The van der Waals surface area contributed by atoms with Crippen LogP contribution in [0.2, 0.25) is 0 Å². The second-order valence-corrected chi connectivity index (χ2v) is 8.41. The summed E-state index contributed by atoms with van der Waals surface area (Å²) in [6, 6.07) is 5.19. The van der Waals surface area contributed by atoms with Gasteiger partial charge < -0.3 is 20.3 Å². The normalized spacial score (nSPS) is 25.4. The Hall–Kier alpha value is -3.20. The molecule has 2 aromatic heterocycles. The van der Waals surface area contributed by atoms with Gasteiger partial charge in [0.25, 0.3) is 0 Å². The van der Waals surface area contributed by atoms with E-state index in [2.05, 4.69) is 32.1 Å². The fourth-order valence-corrected chi connectivity index (χ4v) is 4.40. The number of hydrogen-bond donors (Lipinski definition) is 3. The van der Waals surface area contributed by atoms with E-state index in [-0.39, 0.29) is 5.56 Å². The van der Waals surface area contributed by atoms with Crippen LogP contribution >= 0.6 is 0 Å². The van der Waals surface area contributed by atoms with E-state index in [4.69, 9.17) is 4.74 Å². The van der Waals surface area contributed by atoms with E-state index in [9.17, 15) is 23.4 Å². The highest BCUT2D eigenvalue weighted by molar-refractivity contribution is 5.82. The molecular weight excluding hydrogens is 451 g/mol. The number of imidazole rings is 1. The van der Waals surface area contributed by atoms with Crippen molar-refractivity contribution in [1.29, 1.82) is 0 Å². The van der Waals surface area contributed by atoms with Gasteiger partial charge in [-0.05, 0) is 25.0 Å². The Balaban J connectivity index is 1.41. The quantitative estimate of drug-likeness (QED) is 0.503. The predicted octanol–water partition coefficient (Wildman–Crippen LogP) is 2.87. The van der Waals surface area contributed by atoms with Crippen molar-refractivity contribution in [3.05, 3.63) is 48.0 Å². The molecule has 5 rings (SSSR count). The minimum Gasteiger partial charge on any atom is -0.386 e. The molecule has 3 N–H and O–H groups in total. The van der Waals surface area contributed by atoms with Crippen LogP contribution in [0.3, 0.4) is 0 Å². The van der Waals surface area contributed by atoms with Gasteiger partial charge in [0.1, 0.15) is 24.6 Å². The summed E-state index contributed by atoms with van der Waals surface area (Å²) < 4.78 is 46.9. The van der Waals surface area contributed by atoms with Crippen LogP contribution in [-0.2, 0) is 10.9 Å². The molecule has 4 unspecified atom stereocenters. The van der Waals surface area contributed by atoms with Gasteiger partial charge in [-0.1, -0.05) is 36.8 Å². The fourth-order valence-electron chi connectivity index (χ4n) is 4.40. The van der Waals surface area contributed by atoms with Gasteiger partial charge in [0.05, 0.1) is 11.9 Å². The van der Waals surface area contributed by atoms with Crippen molar-refractivity contribution in [3.63, 3.8) is 0 Å². The molecule has 1 aromatic carbocycles. The highest BCUT2D eigenvalue weighted by atomic mass is 19.4. The van der Waals surface area contributed by atoms with E-state index in [1.807, 2.05) is 0 Å². The molecule has 2 fully saturated rings. The summed E-state index contributed by atoms with van der Waals surface area (Å²) in [6.45, 7) is 0. The molecule has 3 aromatic rings. The molecule has 178 valence electrons. The largest absolute Gasteiger partial charge is 0.417 e. The Morgan fingerprint density at radius 1 is 1.06 bits per heavy atom. The third-order valence-corrected chi connectivity index (χ3v) is 6.15. The van der Waals surface area contributed by atoms with E-state index in [0.29, 0.717) is 23.0 Å². The molecule has 1 aliphatic carbocycles. The van der Waals surface area contributed by atoms with Gasteiger partial charge in [0, 0.05) is 11.6 Å². The third kappa shape index (κ3) is 4.20. The number of aliphatic hydroxyl groups is 2. The number of alkyl halides is 3. The number of anilines is 1. The SMILES string of the molecule is OC1C(C#Cc2ccccc2C(F)(F)F)OC(n2cnc3c(NC4CCCC4)ncnc32)C1O. The fraction of sp³-hybridized carbons (Fsp3) is 0.435. The van der Waals surface area contributed by atoms with Gasteiger partial charge in [0.2, 0.25) is 0 Å². The maximum absolute atomic E-state index is 13.2. The highest BCUT2D eigenvalue weighted by Crippen LogP contribution is 2.34. The van der Waals surface area contributed by atoms with Crippen molar-refractivity contribution in [1.82, 2.24) is 19.5 Å². The van der Waals surface area contributed by atoms with Crippen LogP contribution in [0.5, 0.6) is 0 Å². The van der Waals surface area contributed by atoms with Crippen LogP contribution < -0.4 is 5.32 Å². The van der Waals surface area contributed by atoms with Crippen LogP contribution in [0.1, 0.15) is 43.0 Å². The Kier molecular flexibility index (Phi) is 5.89. The Labute approximate surface area is 192 Å². The predicted molar refractivity (Wildman–Crippen MR) is 115 cm³/mol. The summed E-state index contributed by atoms with van der Waals surface area (Å²) in [4.78, 5) is 12.9. The van der Waals surface area contributed by atoms with Gasteiger partial charge in [-0.15, -0.1) is 0 Å². The van der Waals surface area contributed by atoms with Crippen molar-refractivity contribution in [2.75, 3.05) is 5.32 Å². The molecule has 11 heteroatoms. The van der Waals surface area contributed by atoms with Gasteiger partial charge in [0.15, 0.2) is 23.2 Å². The smallest absolute Gasteiger partial charge is 0.386 e. The lowest BCUT2D eigenvalue weighted by molar-refractivity contribution is -0.137. The van der Waals surface area contributed by atoms with Crippen LogP contribution in [0.4, 0.5) is 19.0 Å². The molecule has 0 bridgehead atoms. The summed E-state index contributed by atoms with van der Waals surface area (Å²) in [7, 11) is 0. The lowest BCUT2D eigenvalue weighted by atomic mass is 10.1. The zero-order valence-corrected chi connectivity index (χ0v) is 17.9. The highest BCUT2D eigenvalue weighted by Gasteiger charge is 2.44. The van der Waals surface area contributed by atoms with Crippen molar-refractivity contribution < 1.29 is 28.1 Å². The maximum Gasteiger partial charge on any atom is 0.417 e. The number of halogens is 3. The maximum atomic E-state index is 13.2. The minimum absolute atomic E-state index is 0.243. The van der Waals surface area contributed by atoms with E-state index in [1.54, 1.807) is 0 Å². The number of nitrogens with one attached hydrogen (secondary N) is 1. The van der Waals surface area contributed by atoms with Crippen molar-refractivity contribution in [3.8, 4) is 11.8 Å². The lowest BCUT2D eigenvalue weighted by Gasteiger charge is -2.16. The number of aromatic nitrogens is 4. The van der Waals surface area contributed by atoms with Crippen molar-refractivity contribution in [2.45, 2.75) is 62.4 Å². The second kappa shape index (κ2) is 8.87. The molecular formula is C23H22F3N5O3. The third-order valence-electron chi connectivity index (χ3n) is 6.15. The number of aliphatic hydroxyl groups excluding tert-OH is 2. The number of nitrogens with zero attached hydrogens (tertiary/aromatic N) is 4. The Morgan fingerprint density at radius 2 is 1.82 bits per heavy atom. The van der Waals surface area contributed by atoms with Gasteiger partial charge in [-0.3, -0.25) is 4.57 Å². The first-order valence-electron chi connectivity index (χ1n) is 11.0. The Morgan fingerprint density at radius 3 is 2.59 bits per heavy atom. The molecule has 0 amide bonds. The van der Waals surface area contributed by atoms with E-state index in [1.165, 1.54) is 35.4 Å². The summed E-state index contributed by atoms with van der Waals surface area (Å²) in [5.74, 6) is 5.54. The number of rotatable bonds is 3. The zero-order valence-electron chi connectivity index (χ0n) is 17.9. The van der Waals surface area contributed by atoms with Crippen LogP contribution in [0, 0.1) is 11.8 Å². The van der Waals surface area contributed by atoms with Gasteiger partial charge in [-0.25, -0.2) is 15.0 Å². The monoisotopic (exact) mass is 473 g/mol. The van der Waals surface area contributed by atoms with Crippen LogP contribution in [0.25, 0.3) is 11.2 Å². The summed E-state index contributed by atoms with van der Waals surface area (Å²) in [5, 5.41) is 24.5. The van der Waals surface area contributed by atoms with Gasteiger partial charge in [-0.2, -0.15) is 13.2 Å². The van der Waals surface area contributed by atoms with Crippen LogP contribution in [0.15, 0.2) is 36.9 Å². The number of ether oxygens (including phenoxy) is 1. The van der Waals surface area contributed by atoms with Crippen molar-refractivity contribution in [2.24, 2.45) is 0 Å². The van der Waals surface area contributed by atoms with E-state index >= 15 is 0 Å². The molecule has 4 atom stereocenters. The van der Waals surface area contributed by atoms with E-state index < -0.39 is 36.3 Å². The number of fused-ring (bicyclic) bond motifs is 1. The average Bonchev–Trinajstić information content (AvgIpc) is 3.54. The first-order chi connectivity index (χ1) is 16.3. The Bertz CT molecular complexity index is 1250. The summed E-state index contributed by atoms with van der Waals surface area (Å²) in [5.41, 5.74) is -0.241. The lowest BCUT2D eigenvalue weighted by Crippen LogP contribution is -2.31. The summed E-state index contributed by atoms with van der Waals surface area (Å²) >= 11 is 0. The molecule has 2 aliphatic rings. The van der Waals surface area contributed by atoms with Gasteiger partial charge >= 0.3 is 6.18 Å². The molecule has 1 aliphatic heterocycles. The molecule has 3 heterocycles. The first kappa shape index (κ1) is 22.6. The molecule has 34 heavy (non-hydrogen) atoms. The molecule has 1 saturated heterocycles. The molecule has 0 radical (unpaired) electrons. The standard InChI is InChI=1S/C23H22F3N5O3/c24-23(25,26)15-8-4-1-5-13(15)9-10-16-18(32)19(33)22(34-16)31-12-29-17-20(27-11-28-21(17)31)30-14-6-2-3-7-14/h1,4-5,8,11-12,14,16,18-19,22,32-33H,2-3,6-7H2,(H,27,28,30). The molecule has 0 spiro atoms. The van der Waals surface area contributed by atoms with E-state index in [0.717, 1.165) is 31.7 Å².